The van der Waals surface area contributed by atoms with Gasteiger partial charge in [-0.2, -0.15) is 0 Å². The Morgan fingerprint density at radius 3 is 2.78 bits per heavy atom. The molecule has 1 rings (SSSR count). The minimum absolute atomic E-state index is 0.463. The number of anilines is 1. The van der Waals surface area contributed by atoms with Gasteiger partial charge >= 0.3 is 0 Å². The van der Waals surface area contributed by atoms with Crippen LogP contribution in [0.5, 0.6) is 5.88 Å². The lowest BCUT2D eigenvalue weighted by Crippen LogP contribution is -2.33. The van der Waals surface area contributed by atoms with Crippen molar-refractivity contribution < 1.29 is 9.84 Å². The summed E-state index contributed by atoms with van der Waals surface area (Å²) in [5.74, 6) is 1.23. The Balaban J connectivity index is 2.51. The third kappa shape index (κ3) is 5.31. The highest BCUT2D eigenvalue weighted by Crippen LogP contribution is 2.15. The van der Waals surface area contributed by atoms with E-state index in [-0.39, 0.29) is 0 Å². The molecule has 0 bridgehead atoms. The second-order valence-electron chi connectivity index (χ2n) is 4.69. The Morgan fingerprint density at radius 2 is 2.11 bits per heavy atom. The molecule has 0 amide bonds. The van der Waals surface area contributed by atoms with E-state index in [0.717, 1.165) is 19.3 Å². The third-order valence-electron chi connectivity index (χ3n) is 2.53. The highest BCUT2D eigenvalue weighted by molar-refractivity contribution is 5.37. The first kappa shape index (κ1) is 14.7. The molecule has 1 aromatic heterocycles. The van der Waals surface area contributed by atoms with Crippen LogP contribution in [0, 0.1) is 0 Å². The first-order valence-electron chi connectivity index (χ1n) is 6.48. The Kier molecular flexibility index (Phi) is 5.85. The fourth-order valence-corrected chi connectivity index (χ4v) is 1.63. The molecule has 0 saturated carbocycles. The zero-order valence-corrected chi connectivity index (χ0v) is 11.4. The number of ether oxygens (including phenoxy) is 1. The number of nitrogens with one attached hydrogen (secondary N) is 1. The van der Waals surface area contributed by atoms with Gasteiger partial charge in [0.1, 0.15) is 12.1 Å². The van der Waals surface area contributed by atoms with Gasteiger partial charge in [-0.3, -0.25) is 0 Å². The van der Waals surface area contributed by atoms with Crippen molar-refractivity contribution in [2.45, 2.75) is 45.6 Å². The average Bonchev–Trinajstić information content (AvgIpc) is 2.35. The highest BCUT2D eigenvalue weighted by atomic mass is 16.5. The minimum Gasteiger partial charge on any atom is -0.478 e. The zero-order chi connectivity index (χ0) is 13.4. The van der Waals surface area contributed by atoms with Gasteiger partial charge in [-0.05, 0) is 19.8 Å². The van der Waals surface area contributed by atoms with Crippen molar-refractivity contribution in [1.29, 1.82) is 0 Å². The average molecular weight is 253 g/mol. The molecule has 0 fully saturated rings. The van der Waals surface area contributed by atoms with E-state index in [0.29, 0.717) is 24.8 Å². The molecule has 5 nitrogen and oxygen atoms in total. The molecule has 102 valence electrons. The number of nitrogens with zero attached hydrogens (tertiary/aromatic N) is 2. The molecule has 18 heavy (non-hydrogen) atoms. The van der Waals surface area contributed by atoms with Crippen LogP contribution in [0.25, 0.3) is 0 Å². The molecule has 0 aromatic carbocycles. The Hall–Kier alpha value is -1.36. The fourth-order valence-electron chi connectivity index (χ4n) is 1.63. The summed E-state index contributed by atoms with van der Waals surface area (Å²) in [6.45, 7) is 7.02. The Labute approximate surface area is 109 Å². The predicted octanol–water partition coefficient (Wildman–Crippen LogP) is 2.23. The summed E-state index contributed by atoms with van der Waals surface area (Å²) in [5.41, 5.74) is -0.718. The van der Waals surface area contributed by atoms with Crippen molar-refractivity contribution in [3.8, 4) is 5.88 Å². The van der Waals surface area contributed by atoms with Gasteiger partial charge in [-0.15, -0.1) is 0 Å². The molecular formula is C13H23N3O2. The standard InChI is InChI=1S/C13H23N3O2/c1-4-6-13(3,17)9-14-11-8-12(16-10-15-11)18-7-5-2/h8,10,17H,4-7,9H2,1-3H3,(H,14,15,16). The zero-order valence-electron chi connectivity index (χ0n) is 11.4. The van der Waals surface area contributed by atoms with Gasteiger partial charge in [-0.1, -0.05) is 20.3 Å². The molecule has 0 radical (unpaired) electrons. The first-order chi connectivity index (χ1) is 8.57. The maximum atomic E-state index is 10.0. The van der Waals surface area contributed by atoms with Crippen molar-refractivity contribution in [2.75, 3.05) is 18.5 Å². The summed E-state index contributed by atoms with van der Waals surface area (Å²) in [7, 11) is 0. The van der Waals surface area contributed by atoms with Gasteiger partial charge in [0, 0.05) is 12.6 Å². The fraction of sp³-hybridized carbons (Fsp3) is 0.692. The molecule has 1 atom stereocenters. The molecule has 0 aliphatic heterocycles. The second kappa shape index (κ2) is 7.16. The summed E-state index contributed by atoms with van der Waals surface area (Å²) >= 11 is 0. The SMILES string of the molecule is CCCOc1cc(NCC(C)(O)CCC)ncn1. The topological polar surface area (TPSA) is 67.3 Å². The van der Waals surface area contributed by atoms with E-state index in [1.807, 2.05) is 13.8 Å². The van der Waals surface area contributed by atoms with Crippen LogP contribution in [0.2, 0.25) is 0 Å². The van der Waals surface area contributed by atoms with E-state index in [9.17, 15) is 5.11 Å². The Bertz CT molecular complexity index is 356. The summed E-state index contributed by atoms with van der Waals surface area (Å²) in [6, 6.07) is 1.75. The van der Waals surface area contributed by atoms with E-state index in [1.54, 1.807) is 6.07 Å². The van der Waals surface area contributed by atoms with Crippen molar-refractivity contribution in [3.05, 3.63) is 12.4 Å². The van der Waals surface area contributed by atoms with E-state index >= 15 is 0 Å². The summed E-state index contributed by atoms with van der Waals surface area (Å²) in [6.07, 6.45) is 4.10. The van der Waals surface area contributed by atoms with E-state index in [1.165, 1.54) is 6.33 Å². The molecule has 0 aliphatic carbocycles. The van der Waals surface area contributed by atoms with Gasteiger partial charge in [0.25, 0.3) is 0 Å². The largest absolute Gasteiger partial charge is 0.478 e. The molecule has 0 saturated heterocycles. The number of rotatable bonds is 8. The van der Waals surface area contributed by atoms with Gasteiger partial charge in [0.15, 0.2) is 0 Å². The first-order valence-corrected chi connectivity index (χ1v) is 6.48. The number of hydrogen-bond donors (Lipinski definition) is 2. The van der Waals surface area contributed by atoms with Gasteiger partial charge in [-0.25, -0.2) is 9.97 Å². The molecule has 0 spiro atoms. The maximum absolute atomic E-state index is 10.0. The van der Waals surface area contributed by atoms with Crippen LogP contribution in [-0.4, -0.2) is 33.8 Å². The van der Waals surface area contributed by atoms with Gasteiger partial charge in [0.2, 0.25) is 5.88 Å². The van der Waals surface area contributed by atoms with Crippen LogP contribution in [0.1, 0.15) is 40.0 Å². The highest BCUT2D eigenvalue weighted by Gasteiger charge is 2.18. The second-order valence-corrected chi connectivity index (χ2v) is 4.69. The van der Waals surface area contributed by atoms with Crippen molar-refractivity contribution in [1.82, 2.24) is 9.97 Å². The van der Waals surface area contributed by atoms with Crippen LogP contribution in [0.3, 0.4) is 0 Å². The molecule has 1 aromatic rings. The number of aliphatic hydroxyl groups is 1. The lowest BCUT2D eigenvalue weighted by molar-refractivity contribution is 0.0636. The van der Waals surface area contributed by atoms with Crippen LogP contribution in [0.4, 0.5) is 5.82 Å². The van der Waals surface area contributed by atoms with E-state index in [4.69, 9.17) is 4.74 Å². The molecule has 2 N–H and O–H groups in total. The summed E-state index contributed by atoms with van der Waals surface area (Å²) in [4.78, 5) is 8.12. The molecule has 1 heterocycles. The quantitative estimate of drug-likeness (QED) is 0.743. The summed E-state index contributed by atoms with van der Waals surface area (Å²) < 4.78 is 5.42. The number of aromatic nitrogens is 2. The predicted molar refractivity (Wildman–Crippen MR) is 71.8 cm³/mol. The van der Waals surface area contributed by atoms with Crippen LogP contribution in [0.15, 0.2) is 12.4 Å². The minimum atomic E-state index is -0.718. The monoisotopic (exact) mass is 253 g/mol. The molecule has 0 aliphatic rings. The third-order valence-corrected chi connectivity index (χ3v) is 2.53. The maximum Gasteiger partial charge on any atom is 0.218 e. The normalized spacial score (nSPS) is 14.0. The van der Waals surface area contributed by atoms with Crippen molar-refractivity contribution in [3.63, 3.8) is 0 Å². The van der Waals surface area contributed by atoms with Gasteiger partial charge < -0.3 is 15.2 Å². The summed E-state index contributed by atoms with van der Waals surface area (Å²) in [5, 5.41) is 13.2. The molecule has 1 unspecified atom stereocenters. The molecule has 5 heteroatoms. The Morgan fingerprint density at radius 1 is 1.33 bits per heavy atom. The van der Waals surface area contributed by atoms with Crippen LogP contribution in [-0.2, 0) is 0 Å². The van der Waals surface area contributed by atoms with Crippen molar-refractivity contribution in [2.24, 2.45) is 0 Å². The van der Waals surface area contributed by atoms with Gasteiger partial charge in [0.05, 0.1) is 12.2 Å². The van der Waals surface area contributed by atoms with Crippen molar-refractivity contribution >= 4 is 5.82 Å². The van der Waals surface area contributed by atoms with E-state index in [2.05, 4.69) is 22.2 Å². The smallest absolute Gasteiger partial charge is 0.218 e. The number of hydrogen-bond acceptors (Lipinski definition) is 5. The van der Waals surface area contributed by atoms with E-state index < -0.39 is 5.60 Å². The lowest BCUT2D eigenvalue weighted by Gasteiger charge is -2.23. The van der Waals surface area contributed by atoms with Crippen LogP contribution < -0.4 is 10.1 Å². The van der Waals surface area contributed by atoms with Crippen LogP contribution >= 0.6 is 0 Å². The molecular weight excluding hydrogens is 230 g/mol. The lowest BCUT2D eigenvalue weighted by atomic mass is 10.0.